The van der Waals surface area contributed by atoms with Crippen molar-refractivity contribution in [3.8, 4) is 0 Å². The van der Waals surface area contributed by atoms with E-state index in [4.69, 9.17) is 4.74 Å². The van der Waals surface area contributed by atoms with Crippen molar-refractivity contribution in [1.29, 1.82) is 0 Å². The lowest BCUT2D eigenvalue weighted by Crippen LogP contribution is -2.12. The number of thiazole rings is 1. The van der Waals surface area contributed by atoms with Crippen molar-refractivity contribution >= 4 is 22.4 Å². The van der Waals surface area contributed by atoms with Gasteiger partial charge in [0.05, 0.1) is 17.8 Å². The number of aryl methyl sites for hydroxylation is 1. The number of nitrogens with one attached hydrogen (secondary N) is 1. The van der Waals surface area contributed by atoms with Gasteiger partial charge in [-0.2, -0.15) is 0 Å². The fourth-order valence-corrected chi connectivity index (χ4v) is 1.36. The molecule has 1 aromatic heterocycles. The molecule has 1 heterocycles. The molecule has 0 fully saturated rings. The number of rotatable bonds is 2. The highest BCUT2D eigenvalue weighted by Crippen LogP contribution is 2.18. The Morgan fingerprint density at radius 2 is 2.58 bits per heavy atom. The molecule has 0 spiro atoms. The summed E-state index contributed by atoms with van der Waals surface area (Å²) in [7, 11) is 0. The largest absolute Gasteiger partial charge is 0.450 e. The third kappa shape index (κ3) is 2.20. The number of carbonyl (C=O) groups excluding carboxylic acids is 1. The molecule has 12 heavy (non-hydrogen) atoms. The highest BCUT2D eigenvalue weighted by molar-refractivity contribution is 7.14. The van der Waals surface area contributed by atoms with Gasteiger partial charge in [-0.05, 0) is 13.8 Å². The molecule has 0 saturated carbocycles. The number of anilines is 1. The zero-order valence-electron chi connectivity index (χ0n) is 6.96. The predicted octanol–water partition coefficient (Wildman–Crippen LogP) is 2.02. The summed E-state index contributed by atoms with van der Waals surface area (Å²) in [6.07, 6.45) is -0.426. The Kier molecular flexibility index (Phi) is 3.04. The molecule has 1 rings (SSSR count). The summed E-state index contributed by atoms with van der Waals surface area (Å²) in [4.78, 5) is 14.9. The Labute approximate surface area is 74.6 Å². The minimum Gasteiger partial charge on any atom is -0.450 e. The zero-order valence-corrected chi connectivity index (χ0v) is 7.77. The van der Waals surface area contributed by atoms with Crippen molar-refractivity contribution in [3.63, 3.8) is 0 Å². The topological polar surface area (TPSA) is 51.2 Å². The first-order valence-corrected chi connectivity index (χ1v) is 4.46. The van der Waals surface area contributed by atoms with Gasteiger partial charge in [-0.15, -0.1) is 11.3 Å². The maximum atomic E-state index is 10.9. The fraction of sp³-hybridized carbons (Fsp3) is 0.429. The monoisotopic (exact) mass is 186 g/mol. The van der Waals surface area contributed by atoms with Crippen LogP contribution in [0.4, 0.5) is 9.80 Å². The van der Waals surface area contributed by atoms with E-state index in [1.54, 1.807) is 12.4 Å². The highest BCUT2D eigenvalue weighted by Gasteiger charge is 2.05. The molecule has 0 bridgehead atoms. The van der Waals surface area contributed by atoms with Gasteiger partial charge in [0.2, 0.25) is 0 Å². The van der Waals surface area contributed by atoms with E-state index in [2.05, 4.69) is 10.3 Å². The van der Waals surface area contributed by atoms with Crippen LogP contribution in [-0.2, 0) is 4.74 Å². The molecular weight excluding hydrogens is 176 g/mol. The second kappa shape index (κ2) is 4.06. The molecule has 1 amide bonds. The predicted molar refractivity (Wildman–Crippen MR) is 47.5 cm³/mol. The van der Waals surface area contributed by atoms with Gasteiger partial charge < -0.3 is 4.74 Å². The smallest absolute Gasteiger partial charge is 0.412 e. The Morgan fingerprint density at radius 3 is 3.08 bits per heavy atom. The van der Waals surface area contributed by atoms with Gasteiger partial charge in [-0.1, -0.05) is 0 Å². The molecule has 0 aliphatic heterocycles. The molecule has 5 heteroatoms. The Balaban J connectivity index is 2.52. The molecule has 0 atom stereocenters. The van der Waals surface area contributed by atoms with Crippen LogP contribution in [-0.4, -0.2) is 17.7 Å². The summed E-state index contributed by atoms with van der Waals surface area (Å²) >= 11 is 1.38. The lowest BCUT2D eigenvalue weighted by atomic mass is 10.5. The summed E-state index contributed by atoms with van der Waals surface area (Å²) in [5, 5.41) is 3.33. The maximum absolute atomic E-state index is 10.9. The van der Waals surface area contributed by atoms with Crippen molar-refractivity contribution in [3.05, 3.63) is 11.2 Å². The average Bonchev–Trinajstić information content (AvgIpc) is 2.37. The number of aromatic nitrogens is 1. The van der Waals surface area contributed by atoms with Crippen LogP contribution in [0.25, 0.3) is 0 Å². The molecule has 0 radical (unpaired) electrons. The van der Waals surface area contributed by atoms with E-state index >= 15 is 0 Å². The minimum absolute atomic E-state index is 0.379. The Morgan fingerprint density at radius 1 is 1.83 bits per heavy atom. The van der Waals surface area contributed by atoms with Crippen LogP contribution in [0, 0.1) is 6.92 Å². The van der Waals surface area contributed by atoms with Crippen molar-refractivity contribution in [2.75, 3.05) is 11.9 Å². The van der Waals surface area contributed by atoms with Crippen LogP contribution in [0.2, 0.25) is 0 Å². The summed E-state index contributed by atoms with van der Waals surface area (Å²) < 4.78 is 4.70. The van der Waals surface area contributed by atoms with Gasteiger partial charge in [0.15, 0.2) is 0 Å². The lowest BCUT2D eigenvalue weighted by molar-refractivity contribution is 0.168. The van der Waals surface area contributed by atoms with Crippen LogP contribution in [0.3, 0.4) is 0 Å². The van der Waals surface area contributed by atoms with Gasteiger partial charge >= 0.3 is 6.09 Å². The van der Waals surface area contributed by atoms with Crippen LogP contribution in [0.15, 0.2) is 5.51 Å². The van der Waals surface area contributed by atoms with Crippen LogP contribution < -0.4 is 5.32 Å². The number of hydrogen-bond donors (Lipinski definition) is 1. The van der Waals surface area contributed by atoms with E-state index in [9.17, 15) is 4.79 Å². The molecule has 0 aliphatic carbocycles. The Hall–Kier alpha value is -1.10. The van der Waals surface area contributed by atoms with Gasteiger partial charge in [-0.3, -0.25) is 5.32 Å². The summed E-state index contributed by atoms with van der Waals surface area (Å²) in [5.41, 5.74) is 2.49. The average molecular weight is 186 g/mol. The van der Waals surface area contributed by atoms with Crippen molar-refractivity contribution in [2.45, 2.75) is 13.8 Å². The van der Waals surface area contributed by atoms with Crippen molar-refractivity contribution in [1.82, 2.24) is 4.98 Å². The first kappa shape index (κ1) is 8.99. The molecule has 0 aromatic carbocycles. The summed E-state index contributed by atoms with van der Waals surface area (Å²) in [5.74, 6) is 0. The van der Waals surface area contributed by atoms with Crippen molar-refractivity contribution in [2.24, 2.45) is 0 Å². The number of hydrogen-bond acceptors (Lipinski definition) is 4. The van der Waals surface area contributed by atoms with E-state index in [0.717, 1.165) is 10.7 Å². The molecular formula is C7H10N2O2S. The number of ether oxygens (including phenoxy) is 1. The first-order valence-electron chi connectivity index (χ1n) is 3.58. The standard InChI is InChI=1S/C7H10N2O2S/c1-3-11-7(10)9-6-5(2)8-4-12-6/h4H,3H2,1-2H3,(H,9,10). The lowest BCUT2D eigenvalue weighted by Gasteiger charge is -2.01. The molecule has 0 aliphatic rings. The summed E-state index contributed by atoms with van der Waals surface area (Å²) in [6, 6.07) is 0. The zero-order chi connectivity index (χ0) is 8.97. The van der Waals surface area contributed by atoms with Gasteiger partial charge in [0, 0.05) is 0 Å². The van der Waals surface area contributed by atoms with E-state index in [-0.39, 0.29) is 0 Å². The fourth-order valence-electron chi connectivity index (χ4n) is 0.682. The number of nitrogens with zero attached hydrogens (tertiary/aromatic N) is 1. The second-order valence-corrected chi connectivity index (χ2v) is 2.97. The van der Waals surface area contributed by atoms with Crippen LogP contribution in [0.5, 0.6) is 0 Å². The van der Waals surface area contributed by atoms with Crippen molar-refractivity contribution < 1.29 is 9.53 Å². The highest BCUT2D eigenvalue weighted by atomic mass is 32.1. The Bertz CT molecular complexity index is 272. The SMILES string of the molecule is CCOC(=O)Nc1scnc1C. The molecule has 0 saturated heterocycles. The van der Waals surface area contributed by atoms with E-state index in [0.29, 0.717) is 6.61 Å². The summed E-state index contributed by atoms with van der Waals surface area (Å²) in [6.45, 7) is 3.97. The second-order valence-electron chi connectivity index (χ2n) is 2.11. The third-order valence-electron chi connectivity index (χ3n) is 1.24. The normalized spacial score (nSPS) is 9.50. The molecule has 1 N–H and O–H groups in total. The molecule has 66 valence electrons. The van der Waals surface area contributed by atoms with Gasteiger partial charge in [0.1, 0.15) is 5.00 Å². The van der Waals surface area contributed by atoms with E-state index in [1.165, 1.54) is 11.3 Å². The van der Waals surface area contributed by atoms with E-state index in [1.807, 2.05) is 6.92 Å². The first-order chi connectivity index (χ1) is 5.74. The van der Waals surface area contributed by atoms with E-state index < -0.39 is 6.09 Å². The van der Waals surface area contributed by atoms with Crippen LogP contribution >= 0.6 is 11.3 Å². The van der Waals surface area contributed by atoms with Gasteiger partial charge in [-0.25, -0.2) is 9.78 Å². The third-order valence-corrected chi connectivity index (χ3v) is 2.08. The molecule has 0 unspecified atom stereocenters. The molecule has 1 aromatic rings. The number of carbonyl (C=O) groups is 1. The molecule has 4 nitrogen and oxygen atoms in total. The minimum atomic E-state index is -0.426. The quantitative estimate of drug-likeness (QED) is 0.768. The number of amides is 1. The maximum Gasteiger partial charge on any atom is 0.412 e. The van der Waals surface area contributed by atoms with Gasteiger partial charge in [0.25, 0.3) is 0 Å². The van der Waals surface area contributed by atoms with Crippen LogP contribution in [0.1, 0.15) is 12.6 Å².